The van der Waals surface area contributed by atoms with Gasteiger partial charge >= 0.3 is 0 Å². The first-order chi connectivity index (χ1) is 22.4. The van der Waals surface area contributed by atoms with Gasteiger partial charge in [-0.3, -0.25) is 9.89 Å². The predicted molar refractivity (Wildman–Crippen MR) is 179 cm³/mol. The second kappa shape index (κ2) is 10.2. The molecule has 9 nitrogen and oxygen atoms in total. The molecule has 46 heavy (non-hydrogen) atoms. The molecule has 5 fully saturated rings. The van der Waals surface area contributed by atoms with Crippen LogP contribution in [0.4, 0.5) is 21.5 Å². The molecule has 1 aromatic carbocycles. The molecule has 4 aliphatic heterocycles. The van der Waals surface area contributed by atoms with Crippen LogP contribution in [0, 0.1) is 11.7 Å². The van der Waals surface area contributed by atoms with E-state index in [2.05, 4.69) is 78.8 Å². The van der Waals surface area contributed by atoms with E-state index < -0.39 is 5.82 Å². The molecule has 0 N–H and O–H groups in total. The van der Waals surface area contributed by atoms with Gasteiger partial charge < -0.3 is 14.4 Å². The van der Waals surface area contributed by atoms with Gasteiger partial charge in [0.05, 0.1) is 47.1 Å². The summed E-state index contributed by atoms with van der Waals surface area (Å²) in [5.41, 5.74) is 7.80. The highest BCUT2D eigenvalue weighted by atomic mass is 35.5. The molecular weight excluding hydrogens is 601 g/mol. The fraction of sp³-hybridized carbons (Fsp3) is 0.314. The summed E-state index contributed by atoms with van der Waals surface area (Å²) < 4.78 is 18.8. The molecule has 5 aromatic rings. The van der Waals surface area contributed by atoms with Gasteiger partial charge in [-0.15, -0.1) is 0 Å². The summed E-state index contributed by atoms with van der Waals surface area (Å²) in [4.78, 5) is 20.7. The van der Waals surface area contributed by atoms with Crippen LogP contribution in [0.3, 0.4) is 0 Å². The largest absolute Gasteiger partial charge is 0.353 e. The number of benzene rings is 1. The topological polar surface area (TPSA) is 70.4 Å². The van der Waals surface area contributed by atoms with Gasteiger partial charge in [0, 0.05) is 48.3 Å². The molecule has 10 rings (SSSR count). The predicted octanol–water partition coefficient (Wildman–Crippen LogP) is 6.73. The molecule has 0 spiro atoms. The highest BCUT2D eigenvalue weighted by Crippen LogP contribution is 2.61. The molecule has 1 saturated carbocycles. The van der Waals surface area contributed by atoms with E-state index in [1.165, 1.54) is 29.8 Å². The van der Waals surface area contributed by atoms with Crippen molar-refractivity contribution in [3.05, 3.63) is 95.4 Å². The van der Waals surface area contributed by atoms with Gasteiger partial charge in [-0.05, 0) is 79.4 Å². The van der Waals surface area contributed by atoms with E-state index in [4.69, 9.17) is 16.6 Å². The Balaban J connectivity index is 1.17. The van der Waals surface area contributed by atoms with Gasteiger partial charge in [0.15, 0.2) is 11.6 Å². The summed E-state index contributed by atoms with van der Waals surface area (Å²) in [5.74, 6) is 0.185. The first kappa shape index (κ1) is 27.7. The zero-order chi connectivity index (χ0) is 31.3. The number of hydrogen-bond donors (Lipinski definition) is 0. The van der Waals surface area contributed by atoms with Crippen LogP contribution in [0.2, 0.25) is 5.02 Å². The second-order valence-corrected chi connectivity index (χ2v) is 13.3. The zero-order valence-electron chi connectivity index (χ0n) is 25.5. The third kappa shape index (κ3) is 4.38. The molecule has 8 heterocycles. The lowest BCUT2D eigenvalue weighted by Crippen LogP contribution is -2.22. The van der Waals surface area contributed by atoms with Crippen LogP contribution in [0.15, 0.2) is 72.8 Å². The molecule has 4 unspecified atom stereocenters. The standard InChI is InChI=1S/C35H33ClFN9/c1-4-22-10-24(20(2)42-19-30-32-35(42)46(30)32)12-29(38-3)31(22)43(27-15-41-45(18-27)34-28(37)13-25(36)14-40-34)17-26-11-23-6-5-9-39-33(23)44(26)16-21-7-8-21/h5-6,9-15,18,21,30,32,35H,2-4,7-8,16-17,19H2,1H3. The Bertz CT molecular complexity index is 2050. The molecule has 4 saturated heterocycles. The number of fused-ring (bicyclic) bond motifs is 2. The number of rotatable bonds is 11. The number of nitrogens with zero attached hydrogens (tertiary/aromatic N) is 9. The number of aromatic nitrogens is 5. The van der Waals surface area contributed by atoms with Crippen LogP contribution >= 0.6 is 11.6 Å². The lowest BCUT2D eigenvalue weighted by molar-refractivity contribution is 0.442. The van der Waals surface area contributed by atoms with Crippen LogP contribution in [-0.4, -0.2) is 65.6 Å². The Morgan fingerprint density at radius 2 is 2.02 bits per heavy atom. The monoisotopic (exact) mass is 633 g/mol. The third-order valence-electron chi connectivity index (χ3n) is 10.0. The lowest BCUT2D eigenvalue weighted by Gasteiger charge is -2.29. The molecule has 0 radical (unpaired) electrons. The number of pyridine rings is 2. The maximum atomic E-state index is 15.0. The number of anilines is 2. The van der Waals surface area contributed by atoms with Gasteiger partial charge in [0.2, 0.25) is 0 Å². The molecule has 4 aromatic heterocycles. The second-order valence-electron chi connectivity index (χ2n) is 12.8. The van der Waals surface area contributed by atoms with Gasteiger partial charge in [-0.1, -0.05) is 25.1 Å². The minimum absolute atomic E-state index is 0.0777. The van der Waals surface area contributed by atoms with Gasteiger partial charge in [-0.25, -0.2) is 19.0 Å². The van der Waals surface area contributed by atoms with E-state index >= 15 is 0 Å². The summed E-state index contributed by atoms with van der Waals surface area (Å²) in [5, 5.41) is 5.89. The number of halogens is 2. The van der Waals surface area contributed by atoms with E-state index in [1.807, 2.05) is 12.3 Å². The van der Waals surface area contributed by atoms with Crippen molar-refractivity contribution in [3.8, 4) is 5.82 Å². The van der Waals surface area contributed by atoms with Crippen molar-refractivity contribution in [1.29, 1.82) is 0 Å². The zero-order valence-corrected chi connectivity index (χ0v) is 26.3. The highest BCUT2D eigenvalue weighted by molar-refractivity contribution is 6.30. The normalized spacial score (nSPS) is 22.3. The number of hydrogen-bond acceptors (Lipinski definition) is 7. The van der Waals surface area contributed by atoms with Crippen LogP contribution in [0.5, 0.6) is 0 Å². The van der Waals surface area contributed by atoms with Crippen molar-refractivity contribution in [3.63, 3.8) is 0 Å². The molecular formula is C35H33ClFN9. The number of aliphatic imine (C=N–C) groups is 1. The van der Waals surface area contributed by atoms with Crippen LogP contribution in [-0.2, 0) is 19.5 Å². The first-order valence-electron chi connectivity index (χ1n) is 15.9. The smallest absolute Gasteiger partial charge is 0.189 e. The van der Waals surface area contributed by atoms with Crippen molar-refractivity contribution in [1.82, 2.24) is 34.1 Å². The van der Waals surface area contributed by atoms with E-state index in [0.717, 1.165) is 76.2 Å². The molecule has 5 aliphatic rings. The van der Waals surface area contributed by atoms with Gasteiger partial charge in [-0.2, -0.15) is 5.10 Å². The minimum Gasteiger partial charge on any atom is -0.353 e. The van der Waals surface area contributed by atoms with Crippen LogP contribution in [0.25, 0.3) is 22.5 Å². The van der Waals surface area contributed by atoms with Gasteiger partial charge in [0.25, 0.3) is 0 Å². The van der Waals surface area contributed by atoms with E-state index in [0.29, 0.717) is 24.7 Å². The molecule has 11 heteroatoms. The molecule has 232 valence electrons. The number of piperazine rings is 1. The fourth-order valence-corrected chi connectivity index (χ4v) is 7.49. The SMILES string of the molecule is C=Nc1cc(C(=C)N2CC3C4C2N34)cc(CC)c1N(Cc1cc2cccnc2n1CC1CC1)c1cnn(-c2ncc(Cl)cc2F)c1. The van der Waals surface area contributed by atoms with E-state index in [9.17, 15) is 4.39 Å². The summed E-state index contributed by atoms with van der Waals surface area (Å²) in [6, 6.07) is 13.3. The molecule has 0 amide bonds. The Labute approximate surface area is 271 Å². The minimum atomic E-state index is -0.548. The maximum absolute atomic E-state index is 15.0. The van der Waals surface area contributed by atoms with Gasteiger partial charge in [0.1, 0.15) is 11.8 Å². The Kier molecular flexibility index (Phi) is 6.17. The summed E-state index contributed by atoms with van der Waals surface area (Å²) >= 11 is 6.00. The van der Waals surface area contributed by atoms with E-state index in [-0.39, 0.29) is 10.8 Å². The highest BCUT2D eigenvalue weighted by Gasteiger charge is 2.79. The Hall–Kier alpha value is -4.54. The molecule has 4 atom stereocenters. The molecule has 1 aliphatic carbocycles. The quantitative estimate of drug-likeness (QED) is 0.119. The average Bonchev–Trinajstić information content (AvgIpc) is 3.99. The van der Waals surface area contributed by atoms with Crippen molar-refractivity contribution >= 4 is 52.1 Å². The third-order valence-corrected chi connectivity index (χ3v) is 10.2. The average molecular weight is 634 g/mol. The van der Waals surface area contributed by atoms with E-state index in [1.54, 1.807) is 12.4 Å². The number of aryl methyl sites for hydroxylation is 1. The van der Waals surface area contributed by atoms with Crippen molar-refractivity contribution in [2.24, 2.45) is 10.9 Å². The lowest BCUT2D eigenvalue weighted by atomic mass is 10.0. The maximum Gasteiger partial charge on any atom is 0.189 e. The molecule has 2 bridgehead atoms. The van der Waals surface area contributed by atoms with Crippen molar-refractivity contribution < 1.29 is 4.39 Å². The van der Waals surface area contributed by atoms with Crippen molar-refractivity contribution in [2.75, 3.05) is 11.4 Å². The summed E-state index contributed by atoms with van der Waals surface area (Å²) in [6.45, 7) is 13.2. The van der Waals surface area contributed by atoms with Crippen LogP contribution < -0.4 is 4.90 Å². The Morgan fingerprint density at radius 3 is 2.74 bits per heavy atom. The first-order valence-corrected chi connectivity index (χ1v) is 16.2. The summed E-state index contributed by atoms with van der Waals surface area (Å²) in [6.07, 6.45) is 10.6. The summed E-state index contributed by atoms with van der Waals surface area (Å²) in [7, 11) is 0. The van der Waals surface area contributed by atoms with Crippen LogP contribution in [0.1, 0.15) is 36.6 Å². The fourth-order valence-electron chi connectivity index (χ4n) is 7.35. The Morgan fingerprint density at radius 1 is 1.17 bits per heavy atom. The van der Waals surface area contributed by atoms with Crippen molar-refractivity contribution in [2.45, 2.75) is 57.5 Å².